The van der Waals surface area contributed by atoms with Crippen molar-refractivity contribution >= 4 is 18.0 Å². The smallest absolute Gasteiger partial charge is 0.152 e. The van der Waals surface area contributed by atoms with Crippen molar-refractivity contribution in [3.8, 4) is 0 Å². The van der Waals surface area contributed by atoms with Crippen molar-refractivity contribution in [2.45, 2.75) is 32.6 Å². The highest BCUT2D eigenvalue weighted by atomic mass is 32.2. The van der Waals surface area contributed by atoms with E-state index in [2.05, 4.69) is 19.2 Å². The molecule has 0 saturated carbocycles. The molecule has 2 nitrogen and oxygen atoms in total. The molecule has 1 atom stereocenters. The Balaban J connectivity index is 2.53. The number of hydrogen-bond acceptors (Lipinski definition) is 3. The molecule has 0 spiro atoms. The van der Waals surface area contributed by atoms with Gasteiger partial charge in [0.15, 0.2) is 6.29 Å². The van der Waals surface area contributed by atoms with Crippen LogP contribution in [0.25, 0.3) is 0 Å². The molecule has 0 radical (unpaired) electrons. The summed E-state index contributed by atoms with van der Waals surface area (Å²) in [5.74, 6) is 0.662. The minimum absolute atomic E-state index is 0.0428. The van der Waals surface area contributed by atoms with Crippen LogP contribution < -0.4 is 5.32 Å². The fraction of sp³-hybridized carbons (Fsp3) is 0.667. The molecule has 1 N–H and O–H groups in total. The van der Waals surface area contributed by atoms with Crippen LogP contribution in [0.3, 0.4) is 0 Å². The van der Waals surface area contributed by atoms with Gasteiger partial charge in [0.05, 0.1) is 0 Å². The Kier molecular flexibility index (Phi) is 3.20. The molecule has 3 heteroatoms. The summed E-state index contributed by atoms with van der Waals surface area (Å²) in [6, 6.07) is 0. The lowest BCUT2D eigenvalue weighted by Crippen LogP contribution is -2.19. The van der Waals surface area contributed by atoms with Gasteiger partial charge in [-0.2, -0.15) is 0 Å². The number of aldehydes is 1. The number of carbonyl (C=O) groups excluding carboxylic acids is 1. The highest BCUT2D eigenvalue weighted by molar-refractivity contribution is 8.04. The first-order valence-corrected chi connectivity index (χ1v) is 5.09. The third-order valence-corrected chi connectivity index (χ3v) is 3.00. The van der Waals surface area contributed by atoms with Crippen LogP contribution in [-0.4, -0.2) is 11.7 Å². The van der Waals surface area contributed by atoms with Crippen LogP contribution in [-0.2, 0) is 4.79 Å². The van der Waals surface area contributed by atoms with Crippen molar-refractivity contribution in [1.29, 1.82) is 0 Å². The zero-order valence-corrected chi connectivity index (χ0v) is 8.57. The Morgan fingerprint density at radius 3 is 2.75 bits per heavy atom. The SMILES string of the molecule is CC1=C(CC(C)C)SC(C=O)N1. The summed E-state index contributed by atoms with van der Waals surface area (Å²) in [7, 11) is 0. The summed E-state index contributed by atoms with van der Waals surface area (Å²) in [5, 5.41) is 3.09. The first-order valence-electron chi connectivity index (χ1n) is 4.21. The van der Waals surface area contributed by atoms with Gasteiger partial charge >= 0.3 is 0 Å². The van der Waals surface area contributed by atoms with E-state index in [4.69, 9.17) is 0 Å². The lowest BCUT2D eigenvalue weighted by molar-refractivity contribution is -0.107. The highest BCUT2D eigenvalue weighted by Gasteiger charge is 2.20. The first-order chi connectivity index (χ1) is 5.63. The molecule has 1 rings (SSSR count). The van der Waals surface area contributed by atoms with Gasteiger partial charge in [0.1, 0.15) is 5.37 Å². The van der Waals surface area contributed by atoms with Crippen molar-refractivity contribution < 1.29 is 4.79 Å². The molecule has 0 aromatic heterocycles. The van der Waals surface area contributed by atoms with Crippen LogP contribution in [0.5, 0.6) is 0 Å². The summed E-state index contributed by atoms with van der Waals surface area (Å²) < 4.78 is 0. The standard InChI is InChI=1S/C9H15NOS/c1-6(2)4-8-7(3)10-9(5-11)12-8/h5-6,9-10H,4H2,1-3H3. The summed E-state index contributed by atoms with van der Waals surface area (Å²) in [5.41, 5.74) is 1.17. The third kappa shape index (κ3) is 2.27. The zero-order valence-electron chi connectivity index (χ0n) is 7.76. The quantitative estimate of drug-likeness (QED) is 0.683. The monoisotopic (exact) mass is 185 g/mol. The molecule has 0 aromatic rings. The second kappa shape index (κ2) is 3.99. The van der Waals surface area contributed by atoms with Gasteiger partial charge < -0.3 is 10.1 Å². The van der Waals surface area contributed by atoms with Gasteiger partial charge in [-0.05, 0) is 19.3 Å². The van der Waals surface area contributed by atoms with E-state index in [0.29, 0.717) is 5.92 Å². The van der Waals surface area contributed by atoms with E-state index >= 15 is 0 Å². The molecule has 0 bridgehead atoms. The molecule has 0 fully saturated rings. The molecular weight excluding hydrogens is 170 g/mol. The maximum Gasteiger partial charge on any atom is 0.152 e. The molecule has 0 saturated heterocycles. The number of allylic oxidation sites excluding steroid dienone is 2. The highest BCUT2D eigenvalue weighted by Crippen LogP contribution is 2.33. The van der Waals surface area contributed by atoms with Crippen molar-refractivity contribution in [1.82, 2.24) is 5.32 Å². The van der Waals surface area contributed by atoms with Crippen LogP contribution in [0.15, 0.2) is 10.6 Å². The third-order valence-electron chi connectivity index (χ3n) is 1.76. The summed E-state index contributed by atoms with van der Waals surface area (Å²) in [4.78, 5) is 11.8. The molecule has 0 amide bonds. The van der Waals surface area contributed by atoms with Crippen molar-refractivity contribution in [2.24, 2.45) is 5.92 Å². The van der Waals surface area contributed by atoms with Gasteiger partial charge in [-0.3, -0.25) is 0 Å². The van der Waals surface area contributed by atoms with Crippen LogP contribution in [0.4, 0.5) is 0 Å². The molecular formula is C9H15NOS. The van der Waals surface area contributed by atoms with Crippen molar-refractivity contribution in [3.05, 3.63) is 10.6 Å². The summed E-state index contributed by atoms with van der Waals surface area (Å²) in [6.07, 6.45) is 2.04. The topological polar surface area (TPSA) is 29.1 Å². The predicted octanol–water partition coefficient (Wildman–Crippen LogP) is 2.13. The van der Waals surface area contributed by atoms with Crippen molar-refractivity contribution in [3.63, 3.8) is 0 Å². The minimum Gasteiger partial charge on any atom is -0.370 e. The maximum absolute atomic E-state index is 10.5. The number of hydrogen-bond donors (Lipinski definition) is 1. The molecule has 0 aromatic carbocycles. The van der Waals surface area contributed by atoms with Crippen LogP contribution in [0.2, 0.25) is 0 Å². The van der Waals surface area contributed by atoms with Gasteiger partial charge in [-0.1, -0.05) is 25.6 Å². The van der Waals surface area contributed by atoms with E-state index in [0.717, 1.165) is 12.7 Å². The van der Waals surface area contributed by atoms with Gasteiger partial charge in [0.2, 0.25) is 0 Å². The van der Waals surface area contributed by atoms with E-state index in [1.165, 1.54) is 10.6 Å². The van der Waals surface area contributed by atoms with E-state index in [1.807, 2.05) is 6.92 Å². The second-order valence-corrected chi connectivity index (χ2v) is 4.70. The van der Waals surface area contributed by atoms with E-state index < -0.39 is 0 Å². The number of carbonyl (C=O) groups is 1. The summed E-state index contributed by atoms with van der Waals surface area (Å²) in [6.45, 7) is 6.42. The zero-order chi connectivity index (χ0) is 9.14. The van der Waals surface area contributed by atoms with Crippen LogP contribution >= 0.6 is 11.8 Å². The molecule has 1 aliphatic heterocycles. The Hall–Kier alpha value is -0.440. The minimum atomic E-state index is -0.0428. The van der Waals surface area contributed by atoms with Crippen LogP contribution in [0, 0.1) is 5.92 Å². The molecule has 1 aliphatic rings. The molecule has 1 unspecified atom stereocenters. The van der Waals surface area contributed by atoms with Crippen LogP contribution in [0.1, 0.15) is 27.2 Å². The van der Waals surface area contributed by atoms with E-state index in [9.17, 15) is 4.79 Å². The number of rotatable bonds is 3. The number of thioether (sulfide) groups is 1. The second-order valence-electron chi connectivity index (χ2n) is 3.47. The lowest BCUT2D eigenvalue weighted by atomic mass is 10.1. The maximum atomic E-state index is 10.5. The fourth-order valence-corrected chi connectivity index (χ4v) is 2.46. The Morgan fingerprint density at radius 2 is 2.33 bits per heavy atom. The Morgan fingerprint density at radius 1 is 1.67 bits per heavy atom. The van der Waals surface area contributed by atoms with Gasteiger partial charge in [-0.25, -0.2) is 0 Å². The molecule has 12 heavy (non-hydrogen) atoms. The normalized spacial score (nSPS) is 23.2. The summed E-state index contributed by atoms with van der Waals surface area (Å²) >= 11 is 1.65. The average molecular weight is 185 g/mol. The van der Waals surface area contributed by atoms with Gasteiger partial charge in [-0.15, -0.1) is 0 Å². The number of nitrogens with one attached hydrogen (secondary N) is 1. The molecule has 1 heterocycles. The molecule has 68 valence electrons. The average Bonchev–Trinajstić information content (AvgIpc) is 2.31. The Bertz CT molecular complexity index is 211. The van der Waals surface area contributed by atoms with Gasteiger partial charge in [0, 0.05) is 10.6 Å². The van der Waals surface area contributed by atoms with E-state index in [-0.39, 0.29) is 5.37 Å². The first kappa shape index (κ1) is 9.65. The largest absolute Gasteiger partial charge is 0.370 e. The fourth-order valence-electron chi connectivity index (χ4n) is 1.20. The Labute approximate surface area is 77.8 Å². The lowest BCUT2D eigenvalue weighted by Gasteiger charge is -2.04. The van der Waals surface area contributed by atoms with Crippen molar-refractivity contribution in [2.75, 3.05) is 0 Å². The predicted molar refractivity (Wildman–Crippen MR) is 52.7 cm³/mol. The molecule has 0 aliphatic carbocycles. The van der Waals surface area contributed by atoms with E-state index in [1.54, 1.807) is 11.8 Å². The van der Waals surface area contributed by atoms with Gasteiger partial charge in [0.25, 0.3) is 0 Å².